The van der Waals surface area contributed by atoms with E-state index in [1.807, 2.05) is 44.3 Å². The average molecular weight is 261 g/mol. The first kappa shape index (κ1) is 14.0. The van der Waals surface area contributed by atoms with Crippen molar-refractivity contribution in [2.45, 2.75) is 25.4 Å². The molecule has 104 valence electrons. The summed E-state index contributed by atoms with van der Waals surface area (Å²) >= 11 is 0. The Kier molecular flexibility index (Phi) is 4.93. The number of rotatable bonds is 5. The molecule has 0 bridgehead atoms. The zero-order chi connectivity index (χ0) is 13.7. The monoisotopic (exact) mass is 261 g/mol. The fourth-order valence-corrected chi connectivity index (χ4v) is 2.53. The first-order valence-corrected chi connectivity index (χ1v) is 6.93. The lowest BCUT2D eigenvalue weighted by molar-refractivity contribution is -0.122. The maximum absolute atomic E-state index is 12.0. The van der Waals surface area contributed by atoms with E-state index in [0.717, 1.165) is 25.1 Å². The Morgan fingerprint density at radius 2 is 2.16 bits per heavy atom. The van der Waals surface area contributed by atoms with E-state index in [-0.39, 0.29) is 11.9 Å². The average Bonchev–Trinajstić information content (AvgIpc) is 2.87. The van der Waals surface area contributed by atoms with E-state index in [0.29, 0.717) is 12.6 Å². The highest BCUT2D eigenvalue weighted by atomic mass is 16.2. The molecular weight excluding hydrogens is 238 g/mol. The lowest BCUT2D eigenvalue weighted by Crippen LogP contribution is -2.38. The van der Waals surface area contributed by atoms with E-state index in [4.69, 9.17) is 0 Å². The summed E-state index contributed by atoms with van der Waals surface area (Å²) in [5.41, 5.74) is 1.14. The minimum absolute atomic E-state index is 0.0661. The van der Waals surface area contributed by atoms with Gasteiger partial charge in [0.15, 0.2) is 0 Å². The maximum atomic E-state index is 12.0. The number of likely N-dealkylation sites (tertiary alicyclic amines) is 1. The van der Waals surface area contributed by atoms with Crippen LogP contribution in [-0.2, 0) is 4.79 Å². The van der Waals surface area contributed by atoms with E-state index >= 15 is 0 Å². The summed E-state index contributed by atoms with van der Waals surface area (Å²) in [6, 6.07) is 10.7. The SMILES string of the molecule is CNC1CCN(CC(=O)NC(C)c2ccccc2)C1. The fourth-order valence-electron chi connectivity index (χ4n) is 2.53. The molecule has 1 amide bonds. The van der Waals surface area contributed by atoms with Crippen LogP contribution in [0.1, 0.15) is 24.9 Å². The molecule has 1 aromatic rings. The van der Waals surface area contributed by atoms with Crippen molar-refractivity contribution in [3.63, 3.8) is 0 Å². The molecule has 4 heteroatoms. The van der Waals surface area contributed by atoms with Crippen molar-refractivity contribution in [3.05, 3.63) is 35.9 Å². The molecule has 1 heterocycles. The van der Waals surface area contributed by atoms with Crippen molar-refractivity contribution >= 4 is 5.91 Å². The predicted octanol–water partition coefficient (Wildman–Crippen LogP) is 1.16. The number of carbonyl (C=O) groups excluding carboxylic acids is 1. The van der Waals surface area contributed by atoms with Crippen molar-refractivity contribution in [1.29, 1.82) is 0 Å². The third kappa shape index (κ3) is 4.04. The number of hydrogen-bond donors (Lipinski definition) is 2. The molecule has 0 aliphatic carbocycles. The molecule has 2 rings (SSSR count). The van der Waals surface area contributed by atoms with Gasteiger partial charge in [0, 0.05) is 19.1 Å². The highest BCUT2D eigenvalue weighted by Crippen LogP contribution is 2.12. The van der Waals surface area contributed by atoms with Gasteiger partial charge in [-0.2, -0.15) is 0 Å². The van der Waals surface area contributed by atoms with Crippen LogP contribution in [-0.4, -0.2) is 43.5 Å². The fraction of sp³-hybridized carbons (Fsp3) is 0.533. The van der Waals surface area contributed by atoms with Crippen LogP contribution in [0, 0.1) is 0 Å². The van der Waals surface area contributed by atoms with Gasteiger partial charge in [-0.25, -0.2) is 0 Å². The van der Waals surface area contributed by atoms with Gasteiger partial charge >= 0.3 is 0 Å². The molecular formula is C15H23N3O. The van der Waals surface area contributed by atoms with E-state index in [1.165, 1.54) is 0 Å². The molecule has 1 aromatic carbocycles. The summed E-state index contributed by atoms with van der Waals surface area (Å²) in [5, 5.41) is 6.32. The van der Waals surface area contributed by atoms with Crippen LogP contribution in [0.25, 0.3) is 0 Å². The number of hydrogen-bond acceptors (Lipinski definition) is 3. The summed E-state index contributed by atoms with van der Waals surface area (Å²) in [7, 11) is 1.98. The topological polar surface area (TPSA) is 44.4 Å². The lowest BCUT2D eigenvalue weighted by Gasteiger charge is -2.18. The first-order valence-electron chi connectivity index (χ1n) is 6.93. The largest absolute Gasteiger partial charge is 0.348 e. The third-order valence-electron chi connectivity index (χ3n) is 3.72. The number of nitrogens with zero attached hydrogens (tertiary/aromatic N) is 1. The zero-order valence-electron chi connectivity index (χ0n) is 11.7. The minimum Gasteiger partial charge on any atom is -0.348 e. The molecule has 0 radical (unpaired) electrons. The highest BCUT2D eigenvalue weighted by Gasteiger charge is 2.23. The van der Waals surface area contributed by atoms with Gasteiger partial charge in [0.05, 0.1) is 12.6 Å². The highest BCUT2D eigenvalue weighted by molar-refractivity contribution is 5.78. The first-order chi connectivity index (χ1) is 9.19. The van der Waals surface area contributed by atoms with Crippen molar-refractivity contribution in [1.82, 2.24) is 15.5 Å². The second kappa shape index (κ2) is 6.68. The van der Waals surface area contributed by atoms with Gasteiger partial charge in [-0.15, -0.1) is 0 Å². The number of likely N-dealkylation sites (N-methyl/N-ethyl adjacent to an activating group) is 1. The number of amides is 1. The van der Waals surface area contributed by atoms with Crippen LogP contribution in [0.3, 0.4) is 0 Å². The number of carbonyl (C=O) groups is 1. The van der Waals surface area contributed by atoms with E-state index in [2.05, 4.69) is 15.5 Å². The molecule has 1 fully saturated rings. The van der Waals surface area contributed by atoms with Gasteiger partial charge in [0.25, 0.3) is 0 Å². The van der Waals surface area contributed by atoms with Gasteiger partial charge < -0.3 is 10.6 Å². The molecule has 4 nitrogen and oxygen atoms in total. The molecule has 2 atom stereocenters. The predicted molar refractivity (Wildman–Crippen MR) is 76.9 cm³/mol. The molecule has 19 heavy (non-hydrogen) atoms. The standard InChI is InChI=1S/C15H23N3O/c1-12(13-6-4-3-5-7-13)17-15(19)11-18-9-8-14(10-18)16-2/h3-7,12,14,16H,8-11H2,1-2H3,(H,17,19). The summed E-state index contributed by atoms with van der Waals surface area (Å²) in [4.78, 5) is 14.2. The molecule has 1 aliphatic heterocycles. The zero-order valence-corrected chi connectivity index (χ0v) is 11.7. The number of nitrogens with one attached hydrogen (secondary N) is 2. The van der Waals surface area contributed by atoms with Crippen molar-refractivity contribution in [2.24, 2.45) is 0 Å². The molecule has 2 unspecified atom stereocenters. The third-order valence-corrected chi connectivity index (χ3v) is 3.72. The van der Waals surface area contributed by atoms with Gasteiger partial charge in [0.2, 0.25) is 5.91 Å². The Hall–Kier alpha value is -1.39. The Labute approximate surface area is 115 Å². The van der Waals surface area contributed by atoms with Gasteiger partial charge in [-0.1, -0.05) is 30.3 Å². The van der Waals surface area contributed by atoms with E-state index < -0.39 is 0 Å². The van der Waals surface area contributed by atoms with E-state index in [9.17, 15) is 4.79 Å². The van der Waals surface area contributed by atoms with Crippen LogP contribution in [0.15, 0.2) is 30.3 Å². The van der Waals surface area contributed by atoms with Gasteiger partial charge in [-0.3, -0.25) is 9.69 Å². The Bertz CT molecular complexity index is 407. The summed E-state index contributed by atoms with van der Waals surface area (Å²) in [6.07, 6.45) is 1.12. The van der Waals surface area contributed by atoms with Crippen LogP contribution in [0.2, 0.25) is 0 Å². The van der Waals surface area contributed by atoms with Gasteiger partial charge in [-0.05, 0) is 26.0 Å². The molecule has 1 aliphatic rings. The van der Waals surface area contributed by atoms with Crippen molar-refractivity contribution in [3.8, 4) is 0 Å². The second-order valence-electron chi connectivity index (χ2n) is 5.21. The van der Waals surface area contributed by atoms with Crippen molar-refractivity contribution in [2.75, 3.05) is 26.7 Å². The van der Waals surface area contributed by atoms with Crippen LogP contribution in [0.4, 0.5) is 0 Å². The second-order valence-corrected chi connectivity index (χ2v) is 5.21. The van der Waals surface area contributed by atoms with Crippen LogP contribution >= 0.6 is 0 Å². The van der Waals surface area contributed by atoms with Crippen LogP contribution in [0.5, 0.6) is 0 Å². The minimum atomic E-state index is 0.0661. The lowest BCUT2D eigenvalue weighted by atomic mass is 10.1. The molecule has 2 N–H and O–H groups in total. The molecule has 1 saturated heterocycles. The van der Waals surface area contributed by atoms with E-state index in [1.54, 1.807) is 0 Å². The molecule has 0 saturated carbocycles. The van der Waals surface area contributed by atoms with Crippen molar-refractivity contribution < 1.29 is 4.79 Å². The number of benzene rings is 1. The smallest absolute Gasteiger partial charge is 0.234 e. The Morgan fingerprint density at radius 3 is 2.79 bits per heavy atom. The normalized spacial score (nSPS) is 21.3. The Balaban J connectivity index is 1.78. The quantitative estimate of drug-likeness (QED) is 0.836. The Morgan fingerprint density at radius 1 is 1.42 bits per heavy atom. The van der Waals surface area contributed by atoms with Gasteiger partial charge in [0.1, 0.15) is 0 Å². The molecule has 0 aromatic heterocycles. The summed E-state index contributed by atoms with van der Waals surface area (Å²) in [6.45, 7) is 4.48. The van der Waals surface area contributed by atoms with Crippen LogP contribution < -0.4 is 10.6 Å². The summed E-state index contributed by atoms with van der Waals surface area (Å²) in [5.74, 6) is 0.105. The summed E-state index contributed by atoms with van der Waals surface area (Å²) < 4.78 is 0. The maximum Gasteiger partial charge on any atom is 0.234 e. The molecule has 0 spiro atoms.